The van der Waals surface area contributed by atoms with Crippen LogP contribution >= 0.6 is 11.8 Å². The lowest BCUT2D eigenvalue weighted by Crippen LogP contribution is -2.55. The summed E-state index contributed by atoms with van der Waals surface area (Å²) >= 11 is 1.06. The van der Waals surface area contributed by atoms with Gasteiger partial charge in [-0.2, -0.15) is 0 Å². The molecule has 3 N–H and O–H groups in total. The van der Waals surface area contributed by atoms with Gasteiger partial charge in [0.05, 0.1) is 18.0 Å². The van der Waals surface area contributed by atoms with Gasteiger partial charge in [-0.1, -0.05) is 45.1 Å². The zero-order chi connectivity index (χ0) is 14.1. The number of rotatable bonds is 9. The van der Waals surface area contributed by atoms with Gasteiger partial charge < -0.3 is 5.73 Å². The number of amides is 2. The molecule has 0 spiro atoms. The van der Waals surface area contributed by atoms with E-state index in [2.05, 4.69) is 12.7 Å². The van der Waals surface area contributed by atoms with Gasteiger partial charge in [-0.25, -0.2) is 0 Å². The van der Waals surface area contributed by atoms with E-state index in [4.69, 9.17) is 0 Å². The summed E-state index contributed by atoms with van der Waals surface area (Å²) in [5.74, 6) is -0.135. The number of nitrogens with zero attached hydrogens (tertiary/aromatic N) is 1. The van der Waals surface area contributed by atoms with Crippen LogP contribution in [0.2, 0.25) is 0 Å². The molecule has 0 aromatic carbocycles. The Morgan fingerprint density at radius 3 is 2.53 bits per heavy atom. The largest absolute Gasteiger partial charge is 0.356 e. The summed E-state index contributed by atoms with van der Waals surface area (Å²) in [6, 6.07) is 0. The molecule has 1 fully saturated rings. The molecule has 0 aromatic heterocycles. The van der Waals surface area contributed by atoms with Gasteiger partial charge in [-0.05, 0) is 24.6 Å². The SMILES string of the molecule is CCCCCCCC/C=C1\SC(=O)N(CC[NH3+])C1=O. The second-order valence-electron chi connectivity index (χ2n) is 4.80. The van der Waals surface area contributed by atoms with Crippen LogP contribution in [0, 0.1) is 0 Å². The van der Waals surface area contributed by atoms with Gasteiger partial charge in [0.1, 0.15) is 0 Å². The Morgan fingerprint density at radius 1 is 1.16 bits per heavy atom. The average molecular weight is 285 g/mol. The molecule has 1 saturated heterocycles. The standard InChI is InChI=1S/C14H24N2O2S/c1-2-3-4-5-6-7-8-9-12-13(17)16(11-10-15)14(18)19-12/h9H,2-8,10-11,15H2,1H3/p+1/b12-9-. The molecule has 108 valence electrons. The van der Waals surface area contributed by atoms with Gasteiger partial charge in [0.15, 0.2) is 0 Å². The third kappa shape index (κ3) is 5.37. The molecule has 1 heterocycles. The highest BCUT2D eigenvalue weighted by molar-refractivity contribution is 8.18. The summed E-state index contributed by atoms with van der Waals surface area (Å²) in [4.78, 5) is 25.4. The number of allylic oxidation sites excluding steroid dienone is 1. The Labute approximate surface area is 119 Å². The Hall–Kier alpha value is -0.810. The van der Waals surface area contributed by atoms with Crippen molar-refractivity contribution in [2.75, 3.05) is 13.1 Å². The highest BCUT2D eigenvalue weighted by Gasteiger charge is 2.34. The number of unbranched alkanes of at least 4 members (excludes halogenated alkanes) is 6. The Bertz CT molecular complexity index is 342. The first-order chi connectivity index (χ1) is 9.20. The molecule has 1 rings (SSSR count). The molecule has 2 amide bonds. The third-order valence-corrected chi connectivity index (χ3v) is 4.10. The van der Waals surface area contributed by atoms with Gasteiger partial charge in [0.2, 0.25) is 0 Å². The van der Waals surface area contributed by atoms with Crippen LogP contribution in [-0.4, -0.2) is 29.1 Å². The smallest absolute Gasteiger partial charge is 0.293 e. The number of carbonyl (C=O) groups is 2. The number of hydrogen-bond donors (Lipinski definition) is 1. The lowest BCUT2D eigenvalue weighted by atomic mass is 10.1. The minimum atomic E-state index is -0.150. The Morgan fingerprint density at radius 2 is 1.84 bits per heavy atom. The molecule has 19 heavy (non-hydrogen) atoms. The topological polar surface area (TPSA) is 65.0 Å². The van der Waals surface area contributed by atoms with Crippen LogP contribution in [0.3, 0.4) is 0 Å². The molecular weight excluding hydrogens is 260 g/mol. The maximum atomic E-state index is 11.9. The van der Waals surface area contributed by atoms with E-state index in [0.717, 1.165) is 24.6 Å². The predicted octanol–water partition coefficient (Wildman–Crippen LogP) is 2.56. The van der Waals surface area contributed by atoms with Gasteiger partial charge >= 0.3 is 0 Å². The van der Waals surface area contributed by atoms with E-state index in [-0.39, 0.29) is 11.1 Å². The number of thioether (sulfide) groups is 1. The molecule has 4 nitrogen and oxygen atoms in total. The minimum absolute atomic E-state index is 0.135. The summed E-state index contributed by atoms with van der Waals surface area (Å²) < 4.78 is 0. The van der Waals surface area contributed by atoms with Crippen molar-refractivity contribution in [3.63, 3.8) is 0 Å². The van der Waals surface area contributed by atoms with Crippen molar-refractivity contribution in [2.24, 2.45) is 0 Å². The normalized spacial score (nSPS) is 17.8. The zero-order valence-corrected chi connectivity index (χ0v) is 12.6. The molecule has 0 unspecified atom stereocenters. The van der Waals surface area contributed by atoms with Crippen LogP contribution in [0.15, 0.2) is 11.0 Å². The molecule has 0 atom stereocenters. The van der Waals surface area contributed by atoms with Crippen LogP contribution in [0.25, 0.3) is 0 Å². The fourth-order valence-electron chi connectivity index (χ4n) is 2.05. The lowest BCUT2D eigenvalue weighted by Gasteiger charge is -2.08. The molecule has 0 saturated carbocycles. The van der Waals surface area contributed by atoms with E-state index in [1.807, 2.05) is 6.08 Å². The summed E-state index contributed by atoms with van der Waals surface area (Å²) in [6.45, 7) is 3.21. The fourth-order valence-corrected chi connectivity index (χ4v) is 2.92. The summed E-state index contributed by atoms with van der Waals surface area (Å²) in [5.41, 5.74) is 3.68. The summed E-state index contributed by atoms with van der Waals surface area (Å²) in [6.07, 6.45) is 10.3. The van der Waals surface area contributed by atoms with Crippen LogP contribution < -0.4 is 5.73 Å². The van der Waals surface area contributed by atoms with E-state index in [0.29, 0.717) is 18.0 Å². The molecule has 1 aliphatic heterocycles. The van der Waals surface area contributed by atoms with E-state index in [1.165, 1.54) is 37.0 Å². The number of carbonyl (C=O) groups excluding carboxylic acids is 2. The quantitative estimate of drug-likeness (QED) is 0.523. The highest BCUT2D eigenvalue weighted by Crippen LogP contribution is 2.30. The monoisotopic (exact) mass is 285 g/mol. The summed E-state index contributed by atoms with van der Waals surface area (Å²) in [5, 5.41) is -0.150. The molecular formula is C14H25N2O2S+. The van der Waals surface area contributed by atoms with Gasteiger partial charge in [0, 0.05) is 0 Å². The Balaban J connectivity index is 2.26. The van der Waals surface area contributed by atoms with Crippen molar-refractivity contribution < 1.29 is 15.3 Å². The van der Waals surface area contributed by atoms with Gasteiger partial charge in [0.25, 0.3) is 11.1 Å². The second kappa shape index (κ2) is 9.15. The zero-order valence-electron chi connectivity index (χ0n) is 11.8. The van der Waals surface area contributed by atoms with Crippen molar-refractivity contribution in [3.05, 3.63) is 11.0 Å². The average Bonchev–Trinajstić information content (AvgIpc) is 2.66. The molecule has 0 bridgehead atoms. The maximum Gasteiger partial charge on any atom is 0.293 e. The first kappa shape index (κ1) is 16.2. The van der Waals surface area contributed by atoms with Crippen LogP contribution in [0.1, 0.15) is 51.9 Å². The van der Waals surface area contributed by atoms with E-state index in [9.17, 15) is 9.59 Å². The lowest BCUT2D eigenvalue weighted by molar-refractivity contribution is -0.367. The van der Waals surface area contributed by atoms with E-state index >= 15 is 0 Å². The van der Waals surface area contributed by atoms with Crippen molar-refractivity contribution in [1.82, 2.24) is 4.90 Å². The van der Waals surface area contributed by atoms with E-state index in [1.54, 1.807) is 0 Å². The molecule has 1 aliphatic rings. The van der Waals surface area contributed by atoms with Crippen LogP contribution in [0.5, 0.6) is 0 Å². The van der Waals surface area contributed by atoms with Crippen molar-refractivity contribution >= 4 is 22.9 Å². The summed E-state index contributed by atoms with van der Waals surface area (Å²) in [7, 11) is 0. The van der Waals surface area contributed by atoms with Gasteiger partial charge in [-0.15, -0.1) is 0 Å². The highest BCUT2D eigenvalue weighted by atomic mass is 32.2. The van der Waals surface area contributed by atoms with Crippen molar-refractivity contribution in [3.8, 4) is 0 Å². The number of imide groups is 1. The Kier molecular flexibility index (Phi) is 7.82. The molecule has 0 radical (unpaired) electrons. The first-order valence-electron chi connectivity index (χ1n) is 7.23. The fraction of sp³-hybridized carbons (Fsp3) is 0.714. The van der Waals surface area contributed by atoms with Crippen molar-refractivity contribution in [1.29, 1.82) is 0 Å². The third-order valence-electron chi connectivity index (χ3n) is 3.14. The van der Waals surface area contributed by atoms with Crippen LogP contribution in [0.4, 0.5) is 4.79 Å². The first-order valence-corrected chi connectivity index (χ1v) is 8.05. The molecule has 0 aliphatic carbocycles. The minimum Gasteiger partial charge on any atom is -0.356 e. The molecule has 5 heteroatoms. The maximum absolute atomic E-state index is 11.9. The van der Waals surface area contributed by atoms with Crippen molar-refractivity contribution in [2.45, 2.75) is 51.9 Å². The van der Waals surface area contributed by atoms with Gasteiger partial charge in [-0.3, -0.25) is 14.5 Å². The predicted molar refractivity (Wildman–Crippen MR) is 78.5 cm³/mol. The number of quaternary nitrogens is 1. The second-order valence-corrected chi connectivity index (χ2v) is 5.80. The van der Waals surface area contributed by atoms with Crippen LogP contribution in [-0.2, 0) is 4.79 Å². The molecule has 0 aromatic rings. The number of hydrogen-bond acceptors (Lipinski definition) is 3. The van der Waals surface area contributed by atoms with E-state index < -0.39 is 0 Å².